The van der Waals surface area contributed by atoms with Gasteiger partial charge in [0, 0.05) is 51.7 Å². The van der Waals surface area contributed by atoms with Crippen molar-refractivity contribution in [2.24, 2.45) is 29.1 Å². The number of esters is 6. The van der Waals surface area contributed by atoms with Gasteiger partial charge in [-0.1, -0.05) is 40.7 Å². The van der Waals surface area contributed by atoms with E-state index in [1.165, 1.54) is 34.6 Å². The molecule has 0 bridgehead atoms. The van der Waals surface area contributed by atoms with Gasteiger partial charge >= 0.3 is 35.8 Å². The Bertz CT molecular complexity index is 1410. The van der Waals surface area contributed by atoms with Gasteiger partial charge in [-0.15, -0.1) is 0 Å². The maximum Gasteiger partial charge on any atom is 0.309 e. The molecule has 13 heteroatoms. The summed E-state index contributed by atoms with van der Waals surface area (Å²) in [4.78, 5) is 75.7. The molecule has 1 heterocycles. The molecular formula is C35H48O13. The Morgan fingerprint density at radius 3 is 1.92 bits per heavy atom. The highest BCUT2D eigenvalue weighted by molar-refractivity contribution is 5.73. The first-order valence-electron chi connectivity index (χ1n) is 16.4. The first kappa shape index (κ1) is 37.1. The van der Waals surface area contributed by atoms with E-state index in [4.69, 9.17) is 33.2 Å². The molecular weight excluding hydrogens is 628 g/mol. The molecule has 10 atom stereocenters. The van der Waals surface area contributed by atoms with Crippen molar-refractivity contribution in [1.82, 2.24) is 0 Å². The standard InChI is InChI=1S/C35H48O13/c1-11-17(2)32(41)47-28-25(16-43-20(5)37)14-35-30(45-22(7)39)18(3)13-34(35,48-35)31(46-23(8)40)24(15-42-19(4)36)12-26-27(33(26,9)10)29(28)44-21(6)38/h12,14,17-18,26-31H,11,13,15-16H2,1-10H3. The van der Waals surface area contributed by atoms with E-state index in [0.717, 1.165) is 0 Å². The number of hydrogen-bond acceptors (Lipinski definition) is 13. The number of carbonyl (C=O) groups excluding carboxylic acids is 6. The van der Waals surface area contributed by atoms with Crippen molar-refractivity contribution in [3.63, 3.8) is 0 Å². The number of epoxide rings is 1. The number of hydrogen-bond donors (Lipinski definition) is 0. The first-order chi connectivity index (χ1) is 22.3. The van der Waals surface area contributed by atoms with Crippen LogP contribution in [-0.2, 0) is 61.9 Å². The molecule has 3 fully saturated rings. The van der Waals surface area contributed by atoms with Crippen LogP contribution in [-0.4, -0.2) is 84.6 Å². The van der Waals surface area contributed by atoms with Crippen LogP contribution in [0.5, 0.6) is 0 Å². The lowest BCUT2D eigenvalue weighted by atomic mass is 9.83. The van der Waals surface area contributed by atoms with Crippen LogP contribution in [0.4, 0.5) is 0 Å². The summed E-state index contributed by atoms with van der Waals surface area (Å²) < 4.78 is 41.7. The quantitative estimate of drug-likeness (QED) is 0.143. The van der Waals surface area contributed by atoms with Crippen molar-refractivity contribution in [3.8, 4) is 0 Å². The third kappa shape index (κ3) is 7.02. The van der Waals surface area contributed by atoms with Crippen LogP contribution in [0.15, 0.2) is 23.3 Å². The molecule has 3 aliphatic carbocycles. The van der Waals surface area contributed by atoms with Gasteiger partial charge in [0.25, 0.3) is 0 Å². The second-order valence-electron chi connectivity index (χ2n) is 14.1. The Kier molecular flexibility index (Phi) is 10.5. The van der Waals surface area contributed by atoms with E-state index in [1.54, 1.807) is 13.0 Å². The summed E-state index contributed by atoms with van der Waals surface area (Å²) >= 11 is 0. The van der Waals surface area contributed by atoms with E-state index >= 15 is 0 Å². The summed E-state index contributed by atoms with van der Waals surface area (Å²) in [5.41, 5.74) is -2.68. The molecule has 48 heavy (non-hydrogen) atoms. The Morgan fingerprint density at radius 1 is 0.833 bits per heavy atom. The SMILES string of the molecule is CCC(C)C(=O)OC1C(COC(C)=O)=CC23OC2(CC(C)C3OC(C)=O)C(OC(C)=O)C(COC(C)=O)=CC2C(C1OC(C)=O)C2(C)C. The lowest BCUT2D eigenvalue weighted by Crippen LogP contribution is -2.44. The highest BCUT2D eigenvalue weighted by Gasteiger charge is 2.83. The second-order valence-corrected chi connectivity index (χ2v) is 14.1. The van der Waals surface area contributed by atoms with E-state index in [1.807, 2.05) is 33.8 Å². The van der Waals surface area contributed by atoms with E-state index in [9.17, 15) is 28.8 Å². The minimum Gasteiger partial charge on any atom is -0.461 e. The van der Waals surface area contributed by atoms with Gasteiger partial charge in [0.05, 0.1) is 5.92 Å². The minimum atomic E-state index is -1.48. The zero-order valence-corrected chi connectivity index (χ0v) is 29.4. The van der Waals surface area contributed by atoms with Gasteiger partial charge in [-0.25, -0.2) is 0 Å². The smallest absolute Gasteiger partial charge is 0.309 e. The van der Waals surface area contributed by atoms with Crippen LogP contribution in [0.1, 0.15) is 82.1 Å². The number of ether oxygens (including phenoxy) is 7. The Hall–Kier alpha value is -3.74. The average molecular weight is 677 g/mol. The van der Waals surface area contributed by atoms with Crippen LogP contribution in [0.2, 0.25) is 0 Å². The van der Waals surface area contributed by atoms with Crippen molar-refractivity contribution < 1.29 is 61.9 Å². The fourth-order valence-corrected chi connectivity index (χ4v) is 7.64. The van der Waals surface area contributed by atoms with Crippen LogP contribution < -0.4 is 0 Å². The molecule has 1 saturated heterocycles. The van der Waals surface area contributed by atoms with E-state index in [2.05, 4.69) is 0 Å². The summed E-state index contributed by atoms with van der Waals surface area (Å²) in [6, 6.07) is 0. The van der Waals surface area contributed by atoms with Gasteiger partial charge < -0.3 is 33.2 Å². The summed E-state index contributed by atoms with van der Waals surface area (Å²) in [7, 11) is 0. The first-order valence-corrected chi connectivity index (χ1v) is 16.4. The third-order valence-corrected chi connectivity index (χ3v) is 10.1. The molecule has 0 aromatic heterocycles. The van der Waals surface area contributed by atoms with Crippen molar-refractivity contribution in [2.75, 3.05) is 13.2 Å². The molecule has 4 aliphatic rings. The molecule has 0 radical (unpaired) electrons. The monoisotopic (exact) mass is 676 g/mol. The number of carbonyl (C=O) groups is 6. The predicted octanol–water partition coefficient (Wildman–Crippen LogP) is 3.55. The van der Waals surface area contributed by atoms with Crippen molar-refractivity contribution in [2.45, 2.75) is 118 Å². The highest BCUT2D eigenvalue weighted by Crippen LogP contribution is 2.69. The topological polar surface area (TPSA) is 170 Å². The van der Waals surface area contributed by atoms with E-state index in [0.29, 0.717) is 12.0 Å². The van der Waals surface area contributed by atoms with Gasteiger partial charge in [-0.2, -0.15) is 0 Å². The van der Waals surface area contributed by atoms with Crippen molar-refractivity contribution >= 4 is 35.8 Å². The second kappa shape index (κ2) is 13.6. The molecule has 266 valence electrons. The Morgan fingerprint density at radius 2 is 1.40 bits per heavy atom. The molecule has 0 amide bonds. The molecule has 1 aliphatic heterocycles. The fourth-order valence-electron chi connectivity index (χ4n) is 7.64. The lowest BCUT2D eigenvalue weighted by molar-refractivity contribution is -0.169. The molecule has 0 aromatic rings. The molecule has 13 nitrogen and oxygen atoms in total. The van der Waals surface area contributed by atoms with Gasteiger partial charge in [-0.05, 0) is 36.2 Å². The number of rotatable bonds is 10. The zero-order valence-electron chi connectivity index (χ0n) is 29.4. The Labute approximate surface area is 281 Å². The summed E-state index contributed by atoms with van der Waals surface area (Å²) in [5.74, 6) is -5.22. The van der Waals surface area contributed by atoms with E-state index in [-0.39, 0.29) is 37.0 Å². The highest BCUT2D eigenvalue weighted by atomic mass is 16.7. The number of allylic oxidation sites excluding steroid dienone is 1. The molecule has 2 saturated carbocycles. The van der Waals surface area contributed by atoms with Crippen LogP contribution in [0, 0.1) is 29.1 Å². The summed E-state index contributed by atoms with van der Waals surface area (Å²) in [6.45, 7) is 15.0. The normalized spacial score (nSPS) is 34.9. The predicted molar refractivity (Wildman–Crippen MR) is 167 cm³/mol. The lowest BCUT2D eigenvalue weighted by Gasteiger charge is -2.32. The minimum absolute atomic E-state index is 0.241. The number of fused-ring (bicyclic) bond motifs is 1. The molecule has 0 aromatic carbocycles. The maximum atomic E-state index is 13.5. The summed E-state index contributed by atoms with van der Waals surface area (Å²) in [5, 5.41) is 0. The van der Waals surface area contributed by atoms with Gasteiger partial charge in [0.1, 0.15) is 31.0 Å². The molecule has 10 unspecified atom stereocenters. The van der Waals surface area contributed by atoms with Gasteiger partial charge in [0.15, 0.2) is 17.8 Å². The largest absolute Gasteiger partial charge is 0.461 e. The maximum absolute atomic E-state index is 13.5. The van der Waals surface area contributed by atoms with Crippen LogP contribution in [0.3, 0.4) is 0 Å². The average Bonchev–Trinajstić information content (AvgIpc) is 3.75. The zero-order chi connectivity index (χ0) is 35.9. The van der Waals surface area contributed by atoms with Crippen LogP contribution >= 0.6 is 0 Å². The van der Waals surface area contributed by atoms with Gasteiger partial charge in [0.2, 0.25) is 0 Å². The van der Waals surface area contributed by atoms with Gasteiger partial charge in [-0.3, -0.25) is 28.8 Å². The fraction of sp³-hybridized carbons (Fsp3) is 0.714. The molecule has 0 spiro atoms. The molecule has 4 rings (SSSR count). The van der Waals surface area contributed by atoms with Crippen molar-refractivity contribution in [3.05, 3.63) is 23.3 Å². The van der Waals surface area contributed by atoms with Crippen LogP contribution in [0.25, 0.3) is 0 Å². The third-order valence-electron chi connectivity index (χ3n) is 10.1. The van der Waals surface area contributed by atoms with E-state index < -0.39 is 88.7 Å². The van der Waals surface area contributed by atoms with Crippen molar-refractivity contribution in [1.29, 1.82) is 0 Å². The summed E-state index contributed by atoms with van der Waals surface area (Å²) in [6.07, 6.45) is -0.138. The Balaban J connectivity index is 2.06. The molecule has 0 N–H and O–H groups in total.